The fraction of sp³-hybridized carbons (Fsp3) is 0.333. The third kappa shape index (κ3) is 3.29. The van der Waals surface area contributed by atoms with E-state index in [0.717, 1.165) is 12.0 Å². The lowest BCUT2D eigenvalue weighted by atomic mass is 10.1. The van der Waals surface area contributed by atoms with Crippen LogP contribution in [0.1, 0.15) is 31.9 Å². The Labute approximate surface area is 79.8 Å². The van der Waals surface area contributed by atoms with E-state index in [9.17, 15) is 4.39 Å². The molecule has 0 aromatic heterocycles. The lowest BCUT2D eigenvalue weighted by Crippen LogP contribution is -1.86. The van der Waals surface area contributed by atoms with Crippen LogP contribution in [0.2, 0.25) is 0 Å². The molecule has 0 fully saturated rings. The second-order valence-corrected chi connectivity index (χ2v) is 2.31. The fourth-order valence-corrected chi connectivity index (χ4v) is 0.903. The molecule has 70 valence electrons. The zero-order chi connectivity index (χ0) is 10.3. The Morgan fingerprint density at radius 3 is 2.46 bits per heavy atom. The highest BCUT2D eigenvalue weighted by Crippen LogP contribution is 2.09. The zero-order valence-corrected chi connectivity index (χ0v) is 8.39. The zero-order valence-electron chi connectivity index (χ0n) is 8.39. The van der Waals surface area contributed by atoms with Gasteiger partial charge in [0.2, 0.25) is 0 Å². The van der Waals surface area contributed by atoms with Crippen molar-refractivity contribution in [2.24, 2.45) is 0 Å². The first-order chi connectivity index (χ1) is 6.27. The first-order valence-corrected chi connectivity index (χ1v) is 4.53. The molecule has 1 aromatic carbocycles. The Balaban J connectivity index is 0.000000671. The van der Waals surface area contributed by atoms with Gasteiger partial charge in [-0.2, -0.15) is 0 Å². The van der Waals surface area contributed by atoms with Crippen molar-refractivity contribution in [1.82, 2.24) is 0 Å². The van der Waals surface area contributed by atoms with Crippen LogP contribution in [0.3, 0.4) is 0 Å². The first kappa shape index (κ1) is 11.7. The van der Waals surface area contributed by atoms with Crippen molar-refractivity contribution in [3.05, 3.63) is 35.1 Å². The van der Waals surface area contributed by atoms with Crippen LogP contribution in [0.25, 0.3) is 0 Å². The molecular weight excluding hydrogens is 163 g/mol. The predicted octanol–water partition coefficient (Wildman–Crippen LogP) is 3.40. The van der Waals surface area contributed by atoms with E-state index in [1.54, 1.807) is 12.1 Å². The molecule has 0 amide bonds. The summed E-state index contributed by atoms with van der Waals surface area (Å²) in [5.41, 5.74) is 1.42. The van der Waals surface area contributed by atoms with Gasteiger partial charge in [-0.25, -0.2) is 4.39 Å². The summed E-state index contributed by atoms with van der Waals surface area (Å²) in [6.07, 6.45) is 5.97. The summed E-state index contributed by atoms with van der Waals surface area (Å²) < 4.78 is 12.8. The monoisotopic (exact) mass is 178 g/mol. The second kappa shape index (κ2) is 6.25. The van der Waals surface area contributed by atoms with Crippen LogP contribution < -0.4 is 0 Å². The molecule has 0 nitrogen and oxygen atoms in total. The van der Waals surface area contributed by atoms with Crippen LogP contribution in [0, 0.1) is 18.2 Å². The van der Waals surface area contributed by atoms with E-state index >= 15 is 0 Å². The van der Waals surface area contributed by atoms with Gasteiger partial charge in [0.1, 0.15) is 5.82 Å². The van der Waals surface area contributed by atoms with Gasteiger partial charge < -0.3 is 0 Å². The Bertz CT molecular complexity index is 294. The van der Waals surface area contributed by atoms with E-state index in [4.69, 9.17) is 6.42 Å². The summed E-state index contributed by atoms with van der Waals surface area (Å²) in [5.74, 6) is 1.98. The predicted molar refractivity (Wildman–Crippen MR) is 55.1 cm³/mol. The van der Waals surface area contributed by atoms with Gasteiger partial charge >= 0.3 is 0 Å². The molecule has 0 saturated heterocycles. The van der Waals surface area contributed by atoms with E-state index in [1.165, 1.54) is 6.07 Å². The smallest absolute Gasteiger partial charge is 0.138 e. The van der Waals surface area contributed by atoms with Gasteiger partial charge in [-0.3, -0.25) is 0 Å². The minimum Gasteiger partial charge on any atom is -0.206 e. The van der Waals surface area contributed by atoms with Gasteiger partial charge in [-0.1, -0.05) is 32.8 Å². The van der Waals surface area contributed by atoms with Crippen molar-refractivity contribution in [1.29, 1.82) is 0 Å². The number of hydrogen-bond donors (Lipinski definition) is 0. The quantitative estimate of drug-likeness (QED) is 0.578. The van der Waals surface area contributed by atoms with E-state index in [-0.39, 0.29) is 5.82 Å². The Morgan fingerprint density at radius 1 is 1.38 bits per heavy atom. The van der Waals surface area contributed by atoms with Crippen molar-refractivity contribution >= 4 is 0 Å². The van der Waals surface area contributed by atoms with Gasteiger partial charge in [0.25, 0.3) is 0 Å². The Hall–Kier alpha value is -1.29. The highest BCUT2D eigenvalue weighted by Gasteiger charge is 1.98. The maximum atomic E-state index is 12.8. The van der Waals surface area contributed by atoms with Gasteiger partial charge in [-0.05, 0) is 24.1 Å². The van der Waals surface area contributed by atoms with Gasteiger partial charge in [-0.15, -0.1) is 6.42 Å². The molecule has 1 heteroatoms. The molecule has 0 aliphatic carbocycles. The summed E-state index contributed by atoms with van der Waals surface area (Å²) in [7, 11) is 0. The number of terminal acetylenes is 1. The van der Waals surface area contributed by atoms with Crippen LogP contribution in [0.4, 0.5) is 4.39 Å². The normalized spacial score (nSPS) is 8.23. The van der Waals surface area contributed by atoms with Crippen LogP contribution in [-0.4, -0.2) is 0 Å². The van der Waals surface area contributed by atoms with E-state index < -0.39 is 0 Å². The van der Waals surface area contributed by atoms with E-state index in [0.29, 0.717) is 5.56 Å². The number of hydrogen-bond acceptors (Lipinski definition) is 0. The molecule has 0 N–H and O–H groups in total. The highest BCUT2D eigenvalue weighted by molar-refractivity contribution is 5.36. The lowest BCUT2D eigenvalue weighted by molar-refractivity contribution is 0.623. The second-order valence-electron chi connectivity index (χ2n) is 2.31. The molecule has 0 radical (unpaired) electrons. The number of halogens is 1. The molecule has 0 bridgehead atoms. The van der Waals surface area contributed by atoms with Crippen molar-refractivity contribution < 1.29 is 4.39 Å². The summed E-state index contributed by atoms with van der Waals surface area (Å²) >= 11 is 0. The van der Waals surface area contributed by atoms with Gasteiger partial charge in [0.15, 0.2) is 0 Å². The van der Waals surface area contributed by atoms with Crippen LogP contribution in [0.5, 0.6) is 0 Å². The molecule has 1 aromatic rings. The maximum Gasteiger partial charge on any atom is 0.138 e. The van der Waals surface area contributed by atoms with Crippen LogP contribution >= 0.6 is 0 Å². The van der Waals surface area contributed by atoms with Gasteiger partial charge in [0, 0.05) is 0 Å². The molecule has 0 aliphatic rings. The first-order valence-electron chi connectivity index (χ1n) is 4.53. The number of benzene rings is 1. The van der Waals surface area contributed by atoms with Crippen molar-refractivity contribution in [2.75, 3.05) is 0 Å². The Kier molecular flexibility index (Phi) is 5.63. The maximum absolute atomic E-state index is 12.8. The topological polar surface area (TPSA) is 0 Å². The third-order valence-corrected chi connectivity index (χ3v) is 1.59. The summed E-state index contributed by atoms with van der Waals surface area (Å²) in [4.78, 5) is 0. The van der Waals surface area contributed by atoms with Gasteiger partial charge in [0.05, 0.1) is 5.56 Å². The number of aryl methyl sites for hydroxylation is 1. The molecule has 0 spiro atoms. The average molecular weight is 178 g/mol. The highest BCUT2D eigenvalue weighted by atomic mass is 19.1. The fourth-order valence-electron chi connectivity index (χ4n) is 0.903. The minimum absolute atomic E-state index is 0.315. The minimum atomic E-state index is -0.315. The molecule has 0 saturated carbocycles. The van der Waals surface area contributed by atoms with Crippen LogP contribution in [-0.2, 0) is 6.42 Å². The SMILES string of the molecule is C#Cc1cc(CC)ccc1F.CC. The largest absolute Gasteiger partial charge is 0.206 e. The van der Waals surface area contributed by atoms with Crippen molar-refractivity contribution in [2.45, 2.75) is 27.2 Å². The standard InChI is InChI=1S/C10H9F.C2H6/c1-3-8-5-6-10(11)9(4-2)7-8;1-2/h2,5-7H,3H2,1H3;1-2H3. The van der Waals surface area contributed by atoms with Crippen LogP contribution in [0.15, 0.2) is 18.2 Å². The average Bonchev–Trinajstić information content (AvgIpc) is 2.22. The summed E-state index contributed by atoms with van der Waals surface area (Å²) in [6, 6.07) is 4.86. The molecule has 13 heavy (non-hydrogen) atoms. The summed E-state index contributed by atoms with van der Waals surface area (Å²) in [5, 5.41) is 0. The van der Waals surface area contributed by atoms with E-state index in [1.807, 2.05) is 20.8 Å². The lowest BCUT2D eigenvalue weighted by Gasteiger charge is -1.97. The number of rotatable bonds is 1. The molecule has 1 rings (SSSR count). The molecular formula is C12H15F. The summed E-state index contributed by atoms with van der Waals surface area (Å²) in [6.45, 7) is 6.01. The molecule has 0 heterocycles. The molecule has 0 atom stereocenters. The van der Waals surface area contributed by atoms with Crippen molar-refractivity contribution in [3.8, 4) is 12.3 Å². The molecule has 0 unspecified atom stereocenters. The molecule has 0 aliphatic heterocycles. The Morgan fingerprint density at radius 2 is 2.00 bits per heavy atom. The van der Waals surface area contributed by atoms with Crippen molar-refractivity contribution in [3.63, 3.8) is 0 Å². The third-order valence-electron chi connectivity index (χ3n) is 1.59. The van der Waals surface area contributed by atoms with E-state index in [2.05, 4.69) is 5.92 Å².